The van der Waals surface area contributed by atoms with E-state index in [0.29, 0.717) is 21.9 Å². The van der Waals surface area contributed by atoms with Gasteiger partial charge >= 0.3 is 0 Å². The SMILES string of the molecule is Nc1ccc(NC(=O)c2snnc2-c2ccoc2)cc1. The smallest absolute Gasteiger partial charge is 0.269 e. The van der Waals surface area contributed by atoms with Gasteiger partial charge in [0.2, 0.25) is 0 Å². The lowest BCUT2D eigenvalue weighted by atomic mass is 10.2. The van der Waals surface area contributed by atoms with Crippen molar-refractivity contribution >= 4 is 28.8 Å². The number of nitrogens with one attached hydrogen (secondary N) is 1. The minimum absolute atomic E-state index is 0.263. The summed E-state index contributed by atoms with van der Waals surface area (Å²) in [6.45, 7) is 0. The van der Waals surface area contributed by atoms with Crippen LogP contribution in [-0.2, 0) is 0 Å². The number of benzene rings is 1. The van der Waals surface area contributed by atoms with Crippen LogP contribution < -0.4 is 11.1 Å². The molecule has 0 aliphatic carbocycles. The van der Waals surface area contributed by atoms with Crippen molar-refractivity contribution in [2.24, 2.45) is 0 Å². The Morgan fingerprint density at radius 1 is 1.25 bits per heavy atom. The second-order valence-corrected chi connectivity index (χ2v) is 4.79. The molecule has 20 heavy (non-hydrogen) atoms. The Balaban J connectivity index is 1.85. The third kappa shape index (κ3) is 2.39. The first-order valence-electron chi connectivity index (χ1n) is 5.76. The van der Waals surface area contributed by atoms with Gasteiger partial charge in [0.25, 0.3) is 5.91 Å². The summed E-state index contributed by atoms with van der Waals surface area (Å²) in [5, 5.41) is 6.74. The molecule has 0 radical (unpaired) electrons. The lowest BCUT2D eigenvalue weighted by Crippen LogP contribution is -2.11. The number of nitrogens with two attached hydrogens (primary N) is 1. The summed E-state index contributed by atoms with van der Waals surface area (Å²) in [6.07, 6.45) is 3.05. The average Bonchev–Trinajstić information content (AvgIpc) is 3.11. The number of anilines is 2. The Kier molecular flexibility index (Phi) is 3.18. The molecule has 0 saturated heterocycles. The summed E-state index contributed by atoms with van der Waals surface area (Å²) in [4.78, 5) is 12.7. The van der Waals surface area contributed by atoms with Crippen molar-refractivity contribution in [3.63, 3.8) is 0 Å². The van der Waals surface area contributed by atoms with Gasteiger partial charge < -0.3 is 15.5 Å². The molecule has 0 aliphatic rings. The Morgan fingerprint density at radius 2 is 2.05 bits per heavy atom. The van der Waals surface area contributed by atoms with E-state index in [1.165, 1.54) is 12.5 Å². The number of aromatic nitrogens is 2. The molecule has 2 aromatic heterocycles. The van der Waals surface area contributed by atoms with E-state index >= 15 is 0 Å². The number of furan rings is 1. The van der Waals surface area contributed by atoms with Gasteiger partial charge in [-0.3, -0.25) is 4.79 Å². The largest absolute Gasteiger partial charge is 0.472 e. The zero-order valence-electron chi connectivity index (χ0n) is 10.2. The number of hydrogen-bond acceptors (Lipinski definition) is 6. The maximum atomic E-state index is 12.2. The van der Waals surface area contributed by atoms with E-state index < -0.39 is 0 Å². The van der Waals surface area contributed by atoms with Crippen molar-refractivity contribution in [1.29, 1.82) is 0 Å². The Labute approximate surface area is 118 Å². The van der Waals surface area contributed by atoms with Crippen LogP contribution in [0.25, 0.3) is 11.3 Å². The quantitative estimate of drug-likeness (QED) is 0.722. The van der Waals surface area contributed by atoms with Gasteiger partial charge in [0.1, 0.15) is 10.6 Å². The Hall–Kier alpha value is -2.67. The first kappa shape index (κ1) is 12.4. The monoisotopic (exact) mass is 286 g/mol. The maximum Gasteiger partial charge on any atom is 0.269 e. The van der Waals surface area contributed by atoms with Gasteiger partial charge in [-0.05, 0) is 41.9 Å². The van der Waals surface area contributed by atoms with Crippen LogP contribution in [0.2, 0.25) is 0 Å². The molecule has 6 nitrogen and oxygen atoms in total. The fourth-order valence-corrected chi connectivity index (χ4v) is 2.27. The molecule has 7 heteroatoms. The molecule has 3 aromatic rings. The van der Waals surface area contributed by atoms with Gasteiger partial charge in [-0.1, -0.05) is 4.49 Å². The molecule has 3 N–H and O–H groups in total. The zero-order valence-corrected chi connectivity index (χ0v) is 11.1. The number of nitrogens with zero attached hydrogens (tertiary/aromatic N) is 2. The number of carbonyl (C=O) groups is 1. The molecule has 1 amide bonds. The van der Waals surface area contributed by atoms with Gasteiger partial charge in [0, 0.05) is 16.9 Å². The number of amides is 1. The fourth-order valence-electron chi connectivity index (χ4n) is 1.68. The van der Waals surface area contributed by atoms with Crippen LogP contribution in [0.1, 0.15) is 9.67 Å². The van der Waals surface area contributed by atoms with E-state index in [1.54, 1.807) is 30.3 Å². The third-order valence-corrected chi connectivity index (χ3v) is 3.38. The van der Waals surface area contributed by atoms with Crippen molar-refractivity contribution in [2.45, 2.75) is 0 Å². The van der Waals surface area contributed by atoms with E-state index in [2.05, 4.69) is 14.9 Å². The van der Waals surface area contributed by atoms with Crippen LogP contribution in [0.4, 0.5) is 11.4 Å². The molecule has 0 saturated carbocycles. The minimum atomic E-state index is -0.263. The van der Waals surface area contributed by atoms with Gasteiger partial charge in [0.05, 0.1) is 12.5 Å². The first-order valence-corrected chi connectivity index (χ1v) is 6.53. The predicted octanol–water partition coefficient (Wildman–Crippen LogP) is 2.63. The van der Waals surface area contributed by atoms with E-state index in [4.69, 9.17) is 10.2 Å². The van der Waals surface area contributed by atoms with Crippen LogP contribution in [0.15, 0.2) is 47.3 Å². The summed E-state index contributed by atoms with van der Waals surface area (Å²) in [6, 6.07) is 8.64. The molecule has 0 fully saturated rings. The standard InChI is InChI=1S/C13H10N4O2S/c14-9-1-3-10(4-2-9)15-13(18)12-11(16-17-20-12)8-5-6-19-7-8/h1-7H,14H2,(H,15,18). The molecule has 0 bridgehead atoms. The molecular formula is C13H10N4O2S. The molecule has 100 valence electrons. The lowest BCUT2D eigenvalue weighted by molar-refractivity contribution is 0.103. The van der Waals surface area contributed by atoms with Crippen molar-refractivity contribution < 1.29 is 9.21 Å². The topological polar surface area (TPSA) is 94.0 Å². The first-order chi connectivity index (χ1) is 9.74. The van der Waals surface area contributed by atoms with Crippen LogP contribution in [0.5, 0.6) is 0 Å². The molecule has 0 spiro atoms. The Bertz CT molecular complexity index is 719. The lowest BCUT2D eigenvalue weighted by Gasteiger charge is -2.04. The number of hydrogen-bond donors (Lipinski definition) is 2. The molecule has 0 atom stereocenters. The van der Waals surface area contributed by atoms with E-state index in [9.17, 15) is 4.79 Å². The average molecular weight is 286 g/mol. The summed E-state index contributed by atoms with van der Waals surface area (Å²) >= 11 is 1.04. The normalized spacial score (nSPS) is 10.4. The van der Waals surface area contributed by atoms with Crippen molar-refractivity contribution in [3.05, 3.63) is 47.7 Å². The van der Waals surface area contributed by atoms with Crippen LogP contribution in [-0.4, -0.2) is 15.5 Å². The highest BCUT2D eigenvalue weighted by Gasteiger charge is 2.18. The predicted molar refractivity (Wildman–Crippen MR) is 76.4 cm³/mol. The Morgan fingerprint density at radius 3 is 2.75 bits per heavy atom. The second-order valence-electron chi connectivity index (χ2n) is 4.04. The van der Waals surface area contributed by atoms with E-state index in [0.717, 1.165) is 17.1 Å². The van der Waals surface area contributed by atoms with Gasteiger partial charge in [-0.25, -0.2) is 0 Å². The molecule has 1 aromatic carbocycles. The van der Waals surface area contributed by atoms with Gasteiger partial charge in [-0.2, -0.15) is 0 Å². The summed E-state index contributed by atoms with van der Waals surface area (Å²) in [7, 11) is 0. The van der Waals surface area contributed by atoms with E-state index in [1.807, 2.05) is 0 Å². The second kappa shape index (κ2) is 5.14. The molecule has 2 heterocycles. The van der Waals surface area contributed by atoms with Gasteiger partial charge in [0.15, 0.2) is 0 Å². The molecular weight excluding hydrogens is 276 g/mol. The molecule has 3 rings (SSSR count). The summed E-state index contributed by atoms with van der Waals surface area (Å²) < 4.78 is 8.82. The third-order valence-electron chi connectivity index (χ3n) is 2.66. The highest BCUT2D eigenvalue weighted by Crippen LogP contribution is 2.25. The van der Waals surface area contributed by atoms with Gasteiger partial charge in [-0.15, -0.1) is 5.10 Å². The number of nitrogen functional groups attached to an aromatic ring is 1. The van der Waals surface area contributed by atoms with Crippen LogP contribution in [0, 0.1) is 0 Å². The van der Waals surface area contributed by atoms with E-state index in [-0.39, 0.29) is 5.91 Å². The highest BCUT2D eigenvalue weighted by atomic mass is 32.1. The molecule has 0 unspecified atom stereocenters. The fraction of sp³-hybridized carbons (Fsp3) is 0. The van der Waals surface area contributed by atoms with Crippen LogP contribution in [0.3, 0.4) is 0 Å². The van der Waals surface area contributed by atoms with Crippen molar-refractivity contribution in [3.8, 4) is 11.3 Å². The number of carbonyl (C=O) groups excluding carboxylic acids is 1. The molecule has 0 aliphatic heterocycles. The minimum Gasteiger partial charge on any atom is -0.472 e. The van der Waals surface area contributed by atoms with Crippen molar-refractivity contribution in [2.75, 3.05) is 11.1 Å². The number of rotatable bonds is 3. The zero-order chi connectivity index (χ0) is 13.9. The van der Waals surface area contributed by atoms with Crippen molar-refractivity contribution in [1.82, 2.24) is 9.59 Å². The summed E-state index contributed by atoms with van der Waals surface area (Å²) in [5.74, 6) is -0.263. The maximum absolute atomic E-state index is 12.2. The van der Waals surface area contributed by atoms with Crippen LogP contribution >= 0.6 is 11.5 Å². The summed E-state index contributed by atoms with van der Waals surface area (Å²) in [5.41, 5.74) is 8.14. The highest BCUT2D eigenvalue weighted by molar-refractivity contribution is 7.08.